The van der Waals surface area contributed by atoms with Gasteiger partial charge in [0.2, 0.25) is 5.91 Å². The molecular weight excluding hydrogens is 266 g/mol. The van der Waals surface area contributed by atoms with Crippen LogP contribution in [0.5, 0.6) is 0 Å². The molecule has 2 atom stereocenters. The van der Waals surface area contributed by atoms with Crippen molar-refractivity contribution < 1.29 is 14.3 Å². The molecule has 0 N–H and O–H groups in total. The molecule has 0 aliphatic carbocycles. The minimum atomic E-state index is -0.240. The van der Waals surface area contributed by atoms with E-state index in [1.54, 1.807) is 4.90 Å². The Kier molecular flexibility index (Phi) is 4.99. The van der Waals surface area contributed by atoms with Crippen molar-refractivity contribution in [1.82, 2.24) is 4.90 Å². The molecule has 21 heavy (non-hydrogen) atoms. The zero-order valence-electron chi connectivity index (χ0n) is 12.9. The SMILES string of the molecule is COC(=O)[C@@H]1CN(C(C)C)C(=O)C[C@H]1Cc1ccccc1. The fourth-order valence-corrected chi connectivity index (χ4v) is 3.00. The predicted molar refractivity (Wildman–Crippen MR) is 80.6 cm³/mol. The number of carbonyl (C=O) groups is 2. The summed E-state index contributed by atoms with van der Waals surface area (Å²) < 4.78 is 4.94. The lowest BCUT2D eigenvalue weighted by Gasteiger charge is -2.39. The van der Waals surface area contributed by atoms with E-state index in [0.29, 0.717) is 13.0 Å². The van der Waals surface area contributed by atoms with Crippen molar-refractivity contribution in [3.8, 4) is 0 Å². The Morgan fingerprint density at radius 1 is 1.33 bits per heavy atom. The van der Waals surface area contributed by atoms with Gasteiger partial charge in [-0.25, -0.2) is 0 Å². The number of amides is 1. The summed E-state index contributed by atoms with van der Waals surface area (Å²) >= 11 is 0. The Balaban J connectivity index is 2.17. The van der Waals surface area contributed by atoms with Crippen LogP contribution in [0.3, 0.4) is 0 Å². The van der Waals surface area contributed by atoms with Gasteiger partial charge in [-0.3, -0.25) is 9.59 Å². The number of likely N-dealkylation sites (tertiary alicyclic amines) is 1. The third-order valence-electron chi connectivity index (χ3n) is 4.19. The maximum atomic E-state index is 12.3. The lowest BCUT2D eigenvalue weighted by Crippen LogP contribution is -2.50. The summed E-state index contributed by atoms with van der Waals surface area (Å²) in [5.74, 6) is -0.308. The highest BCUT2D eigenvalue weighted by atomic mass is 16.5. The van der Waals surface area contributed by atoms with Crippen molar-refractivity contribution in [3.05, 3.63) is 35.9 Å². The molecule has 0 radical (unpaired) electrons. The Morgan fingerprint density at radius 3 is 2.57 bits per heavy atom. The summed E-state index contributed by atoms with van der Waals surface area (Å²) in [5, 5.41) is 0. The summed E-state index contributed by atoms with van der Waals surface area (Å²) in [7, 11) is 1.41. The van der Waals surface area contributed by atoms with Gasteiger partial charge in [0.1, 0.15) is 0 Å². The van der Waals surface area contributed by atoms with Crippen LogP contribution in [0.25, 0.3) is 0 Å². The first-order valence-corrected chi connectivity index (χ1v) is 7.44. The molecule has 4 nitrogen and oxygen atoms in total. The fraction of sp³-hybridized carbons (Fsp3) is 0.529. The van der Waals surface area contributed by atoms with E-state index in [9.17, 15) is 9.59 Å². The number of rotatable bonds is 4. The number of ether oxygens (including phenoxy) is 1. The van der Waals surface area contributed by atoms with Gasteiger partial charge in [0, 0.05) is 19.0 Å². The molecule has 1 aromatic rings. The predicted octanol–water partition coefficient (Wildman–Crippen LogP) is 2.28. The molecule has 1 fully saturated rings. The number of nitrogens with zero attached hydrogens (tertiary/aromatic N) is 1. The summed E-state index contributed by atoms with van der Waals surface area (Å²) in [4.78, 5) is 26.1. The Morgan fingerprint density at radius 2 is 2.00 bits per heavy atom. The number of benzene rings is 1. The van der Waals surface area contributed by atoms with Gasteiger partial charge >= 0.3 is 5.97 Å². The lowest BCUT2D eigenvalue weighted by atomic mass is 9.80. The van der Waals surface area contributed by atoms with Gasteiger partial charge < -0.3 is 9.64 Å². The van der Waals surface area contributed by atoms with Gasteiger partial charge in [-0.1, -0.05) is 30.3 Å². The standard InChI is InChI=1S/C17H23NO3/c1-12(2)18-11-15(17(20)21-3)14(10-16(18)19)9-13-7-5-4-6-8-13/h4-8,12,14-15H,9-11H2,1-3H3/t14-,15-/m1/s1. The molecule has 0 aromatic heterocycles. The van der Waals surface area contributed by atoms with E-state index in [1.807, 2.05) is 44.2 Å². The van der Waals surface area contributed by atoms with Crippen molar-refractivity contribution >= 4 is 11.9 Å². The number of hydrogen-bond donors (Lipinski definition) is 0. The fourth-order valence-electron chi connectivity index (χ4n) is 3.00. The highest BCUT2D eigenvalue weighted by molar-refractivity contribution is 5.82. The van der Waals surface area contributed by atoms with Gasteiger partial charge in [-0.2, -0.15) is 0 Å². The lowest BCUT2D eigenvalue weighted by molar-refractivity contribution is -0.154. The molecule has 0 unspecified atom stereocenters. The molecule has 0 saturated carbocycles. The van der Waals surface area contributed by atoms with E-state index in [0.717, 1.165) is 12.0 Å². The van der Waals surface area contributed by atoms with Crippen LogP contribution in [0, 0.1) is 11.8 Å². The van der Waals surface area contributed by atoms with Gasteiger partial charge in [0.25, 0.3) is 0 Å². The minimum Gasteiger partial charge on any atom is -0.469 e. The van der Waals surface area contributed by atoms with E-state index in [2.05, 4.69) is 0 Å². The first kappa shape index (κ1) is 15.5. The molecule has 0 spiro atoms. The van der Waals surface area contributed by atoms with Gasteiger partial charge in [-0.15, -0.1) is 0 Å². The van der Waals surface area contributed by atoms with Crippen LogP contribution < -0.4 is 0 Å². The first-order chi connectivity index (χ1) is 10.0. The second kappa shape index (κ2) is 6.74. The Hall–Kier alpha value is -1.84. The van der Waals surface area contributed by atoms with Crippen LogP contribution in [0.1, 0.15) is 25.8 Å². The number of hydrogen-bond acceptors (Lipinski definition) is 3. The zero-order chi connectivity index (χ0) is 15.4. The van der Waals surface area contributed by atoms with E-state index < -0.39 is 0 Å². The van der Waals surface area contributed by atoms with Crippen LogP contribution in [-0.4, -0.2) is 36.5 Å². The summed E-state index contributed by atoms with van der Waals surface area (Å²) in [6.45, 7) is 4.41. The van der Waals surface area contributed by atoms with Crippen molar-refractivity contribution in [2.24, 2.45) is 11.8 Å². The quantitative estimate of drug-likeness (QED) is 0.799. The van der Waals surface area contributed by atoms with Gasteiger partial charge in [0.05, 0.1) is 13.0 Å². The van der Waals surface area contributed by atoms with Crippen molar-refractivity contribution in [2.45, 2.75) is 32.7 Å². The van der Waals surface area contributed by atoms with Crippen LogP contribution in [0.4, 0.5) is 0 Å². The molecule has 1 amide bonds. The van der Waals surface area contributed by atoms with Crippen molar-refractivity contribution in [2.75, 3.05) is 13.7 Å². The number of esters is 1. The average molecular weight is 289 g/mol. The maximum absolute atomic E-state index is 12.3. The molecule has 4 heteroatoms. The highest BCUT2D eigenvalue weighted by Gasteiger charge is 2.39. The molecule has 1 saturated heterocycles. The molecule has 1 aliphatic rings. The van der Waals surface area contributed by atoms with Crippen LogP contribution in [-0.2, 0) is 20.7 Å². The average Bonchev–Trinajstić information content (AvgIpc) is 2.47. The molecule has 1 heterocycles. The molecule has 1 aliphatic heterocycles. The highest BCUT2D eigenvalue weighted by Crippen LogP contribution is 2.30. The Labute approximate surface area is 126 Å². The second-order valence-corrected chi connectivity index (χ2v) is 5.92. The van der Waals surface area contributed by atoms with Crippen molar-refractivity contribution in [1.29, 1.82) is 0 Å². The smallest absolute Gasteiger partial charge is 0.310 e. The van der Waals surface area contributed by atoms with Gasteiger partial charge in [0.15, 0.2) is 0 Å². The van der Waals surface area contributed by atoms with E-state index in [-0.39, 0.29) is 29.8 Å². The number of methoxy groups -OCH3 is 1. The van der Waals surface area contributed by atoms with E-state index in [1.165, 1.54) is 7.11 Å². The van der Waals surface area contributed by atoms with E-state index >= 15 is 0 Å². The minimum absolute atomic E-state index is 0.0161. The Bertz CT molecular complexity index is 498. The summed E-state index contributed by atoms with van der Waals surface area (Å²) in [6, 6.07) is 10.1. The van der Waals surface area contributed by atoms with Crippen LogP contribution in [0.2, 0.25) is 0 Å². The topological polar surface area (TPSA) is 46.6 Å². The van der Waals surface area contributed by atoms with Crippen molar-refractivity contribution in [3.63, 3.8) is 0 Å². The number of carbonyl (C=O) groups excluding carboxylic acids is 2. The molecule has 114 valence electrons. The van der Waals surface area contributed by atoms with Crippen LogP contribution >= 0.6 is 0 Å². The summed E-state index contributed by atoms with van der Waals surface area (Å²) in [6.07, 6.45) is 1.14. The number of piperidine rings is 1. The van der Waals surface area contributed by atoms with Gasteiger partial charge in [-0.05, 0) is 31.7 Å². The normalized spacial score (nSPS) is 22.5. The third kappa shape index (κ3) is 3.63. The molecular formula is C17H23NO3. The first-order valence-electron chi connectivity index (χ1n) is 7.44. The maximum Gasteiger partial charge on any atom is 0.310 e. The largest absolute Gasteiger partial charge is 0.469 e. The van der Waals surface area contributed by atoms with E-state index in [4.69, 9.17) is 4.74 Å². The third-order valence-corrected chi connectivity index (χ3v) is 4.19. The summed E-state index contributed by atoms with van der Waals surface area (Å²) in [5.41, 5.74) is 1.15. The molecule has 2 rings (SSSR count). The zero-order valence-corrected chi connectivity index (χ0v) is 12.9. The monoisotopic (exact) mass is 289 g/mol. The molecule has 1 aromatic carbocycles. The second-order valence-electron chi connectivity index (χ2n) is 5.92. The molecule has 0 bridgehead atoms. The van der Waals surface area contributed by atoms with Crippen LogP contribution in [0.15, 0.2) is 30.3 Å².